The van der Waals surface area contributed by atoms with Gasteiger partial charge in [-0.1, -0.05) is 20.3 Å². The van der Waals surface area contributed by atoms with Crippen LogP contribution in [0.15, 0.2) is 12.1 Å². The van der Waals surface area contributed by atoms with E-state index >= 15 is 0 Å². The Morgan fingerprint density at radius 1 is 1.00 bits per heavy atom. The highest BCUT2D eigenvalue weighted by Crippen LogP contribution is 2.31. The van der Waals surface area contributed by atoms with Crippen molar-refractivity contribution in [1.29, 1.82) is 0 Å². The summed E-state index contributed by atoms with van der Waals surface area (Å²) in [5, 5.41) is 3.37. The summed E-state index contributed by atoms with van der Waals surface area (Å²) < 4.78 is 10.7. The van der Waals surface area contributed by atoms with Crippen molar-refractivity contribution in [2.45, 2.75) is 39.7 Å². The van der Waals surface area contributed by atoms with Gasteiger partial charge in [-0.3, -0.25) is 0 Å². The lowest BCUT2D eigenvalue weighted by Crippen LogP contribution is -2.13. The SMILES string of the molecule is CCCCc1cc(OC)c(OC)cc1CNCC. The summed E-state index contributed by atoms with van der Waals surface area (Å²) in [5.41, 5.74) is 2.67. The maximum absolute atomic E-state index is 5.37. The van der Waals surface area contributed by atoms with E-state index in [4.69, 9.17) is 9.47 Å². The maximum Gasteiger partial charge on any atom is 0.161 e. The summed E-state index contributed by atoms with van der Waals surface area (Å²) in [6.07, 6.45) is 3.50. The fourth-order valence-electron chi connectivity index (χ4n) is 1.99. The van der Waals surface area contributed by atoms with Crippen molar-refractivity contribution in [3.63, 3.8) is 0 Å². The molecule has 1 aromatic rings. The lowest BCUT2D eigenvalue weighted by atomic mass is 10.0. The molecular weight excluding hydrogens is 226 g/mol. The van der Waals surface area contributed by atoms with Crippen LogP contribution in [0, 0.1) is 0 Å². The van der Waals surface area contributed by atoms with Gasteiger partial charge in [0.15, 0.2) is 11.5 Å². The van der Waals surface area contributed by atoms with E-state index in [1.165, 1.54) is 24.0 Å². The van der Waals surface area contributed by atoms with Crippen LogP contribution >= 0.6 is 0 Å². The van der Waals surface area contributed by atoms with Gasteiger partial charge in [0, 0.05) is 6.54 Å². The van der Waals surface area contributed by atoms with E-state index in [-0.39, 0.29) is 0 Å². The van der Waals surface area contributed by atoms with Gasteiger partial charge in [-0.25, -0.2) is 0 Å². The molecule has 1 N–H and O–H groups in total. The van der Waals surface area contributed by atoms with Gasteiger partial charge in [0.1, 0.15) is 0 Å². The molecule has 18 heavy (non-hydrogen) atoms. The zero-order valence-corrected chi connectivity index (χ0v) is 12.0. The molecule has 0 aromatic heterocycles. The van der Waals surface area contributed by atoms with Crippen molar-refractivity contribution >= 4 is 0 Å². The van der Waals surface area contributed by atoms with E-state index in [1.807, 2.05) is 0 Å². The Morgan fingerprint density at radius 3 is 2.11 bits per heavy atom. The minimum atomic E-state index is 0.811. The molecule has 0 spiro atoms. The minimum Gasteiger partial charge on any atom is -0.493 e. The molecule has 3 heteroatoms. The summed E-state index contributed by atoms with van der Waals surface area (Å²) >= 11 is 0. The number of rotatable bonds is 8. The molecule has 0 aliphatic rings. The molecular formula is C15H25NO2. The Hall–Kier alpha value is -1.22. The van der Waals surface area contributed by atoms with Crippen LogP contribution in [0.4, 0.5) is 0 Å². The van der Waals surface area contributed by atoms with Crippen molar-refractivity contribution in [2.75, 3.05) is 20.8 Å². The van der Waals surface area contributed by atoms with Gasteiger partial charge in [0.25, 0.3) is 0 Å². The monoisotopic (exact) mass is 251 g/mol. The summed E-state index contributed by atoms with van der Waals surface area (Å²) in [5.74, 6) is 1.63. The van der Waals surface area contributed by atoms with Gasteiger partial charge in [0.05, 0.1) is 14.2 Å². The molecule has 0 aliphatic carbocycles. The fourth-order valence-corrected chi connectivity index (χ4v) is 1.99. The highest BCUT2D eigenvalue weighted by molar-refractivity contribution is 5.47. The third-order valence-corrected chi connectivity index (χ3v) is 3.07. The topological polar surface area (TPSA) is 30.5 Å². The van der Waals surface area contributed by atoms with Crippen LogP contribution in [0.1, 0.15) is 37.8 Å². The molecule has 0 bridgehead atoms. The third kappa shape index (κ3) is 3.91. The highest BCUT2D eigenvalue weighted by Gasteiger charge is 2.10. The quantitative estimate of drug-likeness (QED) is 0.770. The molecule has 0 radical (unpaired) electrons. The predicted octanol–water partition coefficient (Wildman–Crippen LogP) is 3.16. The Balaban J connectivity index is 3.01. The highest BCUT2D eigenvalue weighted by atomic mass is 16.5. The van der Waals surface area contributed by atoms with Gasteiger partial charge < -0.3 is 14.8 Å². The number of aryl methyl sites for hydroxylation is 1. The summed E-state index contributed by atoms with van der Waals surface area (Å²) in [6.45, 7) is 6.19. The molecule has 0 amide bonds. The fraction of sp³-hybridized carbons (Fsp3) is 0.600. The van der Waals surface area contributed by atoms with Gasteiger partial charge in [-0.05, 0) is 42.6 Å². The van der Waals surface area contributed by atoms with E-state index in [0.717, 1.165) is 31.0 Å². The lowest BCUT2D eigenvalue weighted by Gasteiger charge is -2.15. The summed E-state index contributed by atoms with van der Waals surface area (Å²) in [6, 6.07) is 4.20. The van der Waals surface area contributed by atoms with E-state index in [0.29, 0.717) is 0 Å². The van der Waals surface area contributed by atoms with E-state index in [9.17, 15) is 0 Å². The first-order valence-corrected chi connectivity index (χ1v) is 6.71. The van der Waals surface area contributed by atoms with Crippen LogP contribution < -0.4 is 14.8 Å². The second kappa shape index (κ2) is 7.98. The average Bonchev–Trinajstić information content (AvgIpc) is 2.42. The molecule has 1 aromatic carbocycles. The molecule has 102 valence electrons. The first kappa shape index (κ1) is 14.8. The van der Waals surface area contributed by atoms with Crippen molar-refractivity contribution < 1.29 is 9.47 Å². The van der Waals surface area contributed by atoms with Crippen LogP contribution in [0.2, 0.25) is 0 Å². The number of unbranched alkanes of at least 4 members (excludes halogenated alkanes) is 1. The maximum atomic E-state index is 5.37. The molecule has 0 saturated carbocycles. The number of ether oxygens (including phenoxy) is 2. The lowest BCUT2D eigenvalue weighted by molar-refractivity contribution is 0.354. The minimum absolute atomic E-state index is 0.811. The molecule has 3 nitrogen and oxygen atoms in total. The van der Waals surface area contributed by atoms with Crippen LogP contribution in [0.3, 0.4) is 0 Å². The Labute approximate surface area is 110 Å². The van der Waals surface area contributed by atoms with Crippen molar-refractivity contribution in [3.8, 4) is 11.5 Å². The number of hydrogen-bond acceptors (Lipinski definition) is 3. The molecule has 0 unspecified atom stereocenters. The summed E-state index contributed by atoms with van der Waals surface area (Å²) in [7, 11) is 3.37. The Bertz CT molecular complexity index is 329. The number of benzene rings is 1. The molecule has 0 heterocycles. The average molecular weight is 251 g/mol. The number of methoxy groups -OCH3 is 2. The predicted molar refractivity (Wildman–Crippen MR) is 75.5 cm³/mol. The van der Waals surface area contributed by atoms with Gasteiger partial charge in [-0.2, -0.15) is 0 Å². The molecule has 0 saturated heterocycles. The first-order valence-electron chi connectivity index (χ1n) is 6.71. The van der Waals surface area contributed by atoms with Crippen molar-refractivity contribution in [2.24, 2.45) is 0 Å². The first-order chi connectivity index (χ1) is 8.76. The van der Waals surface area contributed by atoms with Crippen molar-refractivity contribution in [1.82, 2.24) is 5.32 Å². The molecule has 0 aliphatic heterocycles. The van der Waals surface area contributed by atoms with E-state index in [2.05, 4.69) is 31.3 Å². The second-order valence-corrected chi connectivity index (χ2v) is 4.36. The molecule has 0 atom stereocenters. The second-order valence-electron chi connectivity index (χ2n) is 4.36. The Morgan fingerprint density at radius 2 is 1.61 bits per heavy atom. The largest absolute Gasteiger partial charge is 0.493 e. The van der Waals surface area contributed by atoms with Crippen LogP contribution in [0.25, 0.3) is 0 Å². The van der Waals surface area contributed by atoms with E-state index < -0.39 is 0 Å². The van der Waals surface area contributed by atoms with Gasteiger partial charge in [-0.15, -0.1) is 0 Å². The van der Waals surface area contributed by atoms with Crippen LogP contribution in [-0.2, 0) is 13.0 Å². The molecule has 1 rings (SSSR count). The van der Waals surface area contributed by atoms with Gasteiger partial charge in [0.2, 0.25) is 0 Å². The Kier molecular flexibility index (Phi) is 6.58. The molecule has 0 fully saturated rings. The smallest absolute Gasteiger partial charge is 0.161 e. The van der Waals surface area contributed by atoms with E-state index in [1.54, 1.807) is 14.2 Å². The third-order valence-electron chi connectivity index (χ3n) is 3.07. The standard InChI is InChI=1S/C15H25NO2/c1-5-7-8-12-9-14(17-3)15(18-4)10-13(12)11-16-6-2/h9-10,16H,5-8,11H2,1-4H3. The summed E-state index contributed by atoms with van der Waals surface area (Å²) in [4.78, 5) is 0. The number of nitrogens with one attached hydrogen (secondary N) is 1. The number of hydrogen-bond donors (Lipinski definition) is 1. The van der Waals surface area contributed by atoms with Crippen LogP contribution in [0.5, 0.6) is 11.5 Å². The van der Waals surface area contributed by atoms with Crippen molar-refractivity contribution in [3.05, 3.63) is 23.3 Å². The van der Waals surface area contributed by atoms with Crippen LogP contribution in [-0.4, -0.2) is 20.8 Å². The van der Waals surface area contributed by atoms with Gasteiger partial charge >= 0.3 is 0 Å². The zero-order valence-electron chi connectivity index (χ0n) is 12.0. The zero-order chi connectivity index (χ0) is 13.4. The normalized spacial score (nSPS) is 10.4.